The Kier molecular flexibility index (Phi) is 11.3. The van der Waals surface area contributed by atoms with Gasteiger partial charge in [0.2, 0.25) is 23.6 Å². The Morgan fingerprint density at radius 3 is 1.72 bits per heavy atom. The number of benzene rings is 1. The van der Waals surface area contributed by atoms with Crippen molar-refractivity contribution < 1.29 is 44.1 Å². The predicted octanol–water partition coefficient (Wildman–Crippen LogP) is -2.19. The van der Waals surface area contributed by atoms with Gasteiger partial charge < -0.3 is 42.7 Å². The van der Waals surface area contributed by atoms with Crippen molar-refractivity contribution in [2.45, 2.75) is 57.3 Å². The maximum Gasteiger partial charge on any atom is 0.326 e. The molecule has 0 aliphatic carbocycles. The van der Waals surface area contributed by atoms with Crippen LogP contribution >= 0.6 is 0 Å². The van der Waals surface area contributed by atoms with E-state index in [-0.39, 0.29) is 18.1 Å². The van der Waals surface area contributed by atoms with Crippen LogP contribution in [-0.2, 0) is 35.2 Å². The Morgan fingerprint density at radius 1 is 0.806 bits per heavy atom. The lowest BCUT2D eigenvalue weighted by Gasteiger charge is -2.24. The maximum absolute atomic E-state index is 12.8. The van der Waals surface area contributed by atoms with Crippen LogP contribution in [0.25, 0.3) is 0 Å². The lowest BCUT2D eigenvalue weighted by Crippen LogP contribution is -2.58. The number of amides is 4. The summed E-state index contributed by atoms with van der Waals surface area (Å²) >= 11 is 0. The normalized spacial score (nSPS) is 14.1. The fourth-order valence-electron chi connectivity index (χ4n) is 2.98. The Labute approximate surface area is 206 Å². The van der Waals surface area contributed by atoms with Crippen LogP contribution in [0.15, 0.2) is 24.3 Å². The molecular formula is C22H31N5O9. The number of hydrogen-bond acceptors (Lipinski definition) is 8. The number of nitrogens with two attached hydrogens (primary N) is 2. The van der Waals surface area contributed by atoms with E-state index in [1.54, 1.807) is 13.8 Å². The quantitative estimate of drug-likeness (QED) is 0.134. The van der Waals surface area contributed by atoms with Crippen molar-refractivity contribution in [2.24, 2.45) is 17.4 Å². The minimum atomic E-state index is -1.75. The molecule has 4 amide bonds. The molecule has 0 saturated carbocycles. The number of rotatable bonds is 14. The number of carboxylic acid groups (broad SMARTS) is 2. The molecule has 4 unspecified atom stereocenters. The molecule has 0 radical (unpaired) electrons. The number of aliphatic carboxylic acids is 2. The fraction of sp³-hybridized carbons (Fsp3) is 0.455. The highest BCUT2D eigenvalue weighted by Crippen LogP contribution is 2.12. The Balaban J connectivity index is 3.04. The second-order valence-electron chi connectivity index (χ2n) is 8.43. The first-order valence-electron chi connectivity index (χ1n) is 10.9. The zero-order valence-electron chi connectivity index (χ0n) is 19.8. The third-order valence-electron chi connectivity index (χ3n) is 5.06. The highest BCUT2D eigenvalue weighted by atomic mass is 16.4. The van der Waals surface area contributed by atoms with Crippen LogP contribution in [-0.4, -0.2) is 75.1 Å². The third kappa shape index (κ3) is 9.97. The minimum absolute atomic E-state index is 0.0501. The molecule has 0 heterocycles. The molecule has 0 aromatic heterocycles. The number of phenols is 1. The molecule has 198 valence electrons. The van der Waals surface area contributed by atoms with Gasteiger partial charge in [-0.2, -0.15) is 0 Å². The van der Waals surface area contributed by atoms with Crippen LogP contribution in [0, 0.1) is 5.92 Å². The number of carbonyl (C=O) groups excluding carboxylic acids is 4. The van der Waals surface area contributed by atoms with Gasteiger partial charge >= 0.3 is 11.9 Å². The number of primary amides is 1. The molecule has 14 heteroatoms. The topological polar surface area (TPSA) is 251 Å². The van der Waals surface area contributed by atoms with Gasteiger partial charge in [0.05, 0.1) is 18.9 Å². The molecule has 1 aromatic rings. The lowest BCUT2D eigenvalue weighted by molar-refractivity contribution is -0.143. The van der Waals surface area contributed by atoms with Crippen LogP contribution < -0.4 is 27.4 Å². The Bertz CT molecular complexity index is 981. The second kappa shape index (κ2) is 13.6. The molecular weight excluding hydrogens is 478 g/mol. The van der Waals surface area contributed by atoms with Gasteiger partial charge in [0, 0.05) is 6.42 Å². The molecule has 0 saturated heterocycles. The largest absolute Gasteiger partial charge is 0.508 e. The molecule has 0 aliphatic heterocycles. The summed E-state index contributed by atoms with van der Waals surface area (Å²) in [7, 11) is 0. The monoisotopic (exact) mass is 509 g/mol. The van der Waals surface area contributed by atoms with Crippen LogP contribution in [0.3, 0.4) is 0 Å². The van der Waals surface area contributed by atoms with E-state index in [9.17, 15) is 44.1 Å². The minimum Gasteiger partial charge on any atom is -0.508 e. The summed E-state index contributed by atoms with van der Waals surface area (Å²) < 4.78 is 0. The van der Waals surface area contributed by atoms with Gasteiger partial charge in [-0.3, -0.25) is 24.0 Å². The molecule has 1 rings (SSSR count). The fourth-order valence-corrected chi connectivity index (χ4v) is 2.98. The van der Waals surface area contributed by atoms with Crippen LogP contribution in [0.4, 0.5) is 0 Å². The standard InChI is InChI=1S/C22H31N5O9/c1-10(2)18(24)21(34)26-13(8-16(23)29)19(32)25-14(9-17(30)31)20(33)27-15(22(35)36)7-11-3-5-12(28)6-4-11/h3-6,10,13-15,18,28H,7-9,24H2,1-2H3,(H2,23,29)(H,25,32)(H,26,34)(H,27,33)(H,30,31)(H,35,36). The van der Waals surface area contributed by atoms with E-state index < -0.39 is 72.6 Å². The number of hydrogen-bond donors (Lipinski definition) is 8. The summed E-state index contributed by atoms with van der Waals surface area (Å²) in [5, 5.41) is 34.6. The average Bonchev–Trinajstić information content (AvgIpc) is 2.77. The van der Waals surface area contributed by atoms with E-state index in [4.69, 9.17) is 11.5 Å². The molecule has 10 N–H and O–H groups in total. The summed E-state index contributed by atoms with van der Waals surface area (Å²) in [5.74, 6) is -7.24. The zero-order valence-corrected chi connectivity index (χ0v) is 19.8. The van der Waals surface area contributed by atoms with E-state index >= 15 is 0 Å². The average molecular weight is 510 g/mol. The highest BCUT2D eigenvalue weighted by molar-refractivity contribution is 5.97. The molecule has 0 aliphatic rings. The zero-order chi connectivity index (χ0) is 27.6. The van der Waals surface area contributed by atoms with E-state index in [2.05, 4.69) is 16.0 Å². The summed E-state index contributed by atoms with van der Waals surface area (Å²) in [6, 6.07) is -0.314. The molecule has 4 atom stereocenters. The van der Waals surface area contributed by atoms with Gasteiger partial charge in [0.25, 0.3) is 0 Å². The summed E-state index contributed by atoms with van der Waals surface area (Å²) in [4.78, 5) is 72.2. The summed E-state index contributed by atoms with van der Waals surface area (Å²) in [6.07, 6.45) is -1.79. The van der Waals surface area contributed by atoms with Crippen molar-refractivity contribution in [3.8, 4) is 5.75 Å². The molecule has 0 spiro atoms. The number of aromatic hydroxyl groups is 1. The molecule has 0 fully saturated rings. The Hall–Kier alpha value is -4.20. The van der Waals surface area contributed by atoms with Crippen molar-refractivity contribution in [1.82, 2.24) is 16.0 Å². The van der Waals surface area contributed by atoms with Crippen molar-refractivity contribution >= 4 is 35.6 Å². The predicted molar refractivity (Wildman–Crippen MR) is 124 cm³/mol. The van der Waals surface area contributed by atoms with Crippen LogP contribution in [0.1, 0.15) is 32.3 Å². The van der Waals surface area contributed by atoms with E-state index in [0.717, 1.165) is 0 Å². The first-order valence-corrected chi connectivity index (χ1v) is 10.9. The van der Waals surface area contributed by atoms with Crippen LogP contribution in [0.5, 0.6) is 5.75 Å². The molecule has 14 nitrogen and oxygen atoms in total. The van der Waals surface area contributed by atoms with Crippen molar-refractivity contribution in [2.75, 3.05) is 0 Å². The Morgan fingerprint density at radius 2 is 1.28 bits per heavy atom. The van der Waals surface area contributed by atoms with Crippen molar-refractivity contribution in [1.29, 1.82) is 0 Å². The van der Waals surface area contributed by atoms with E-state index in [0.29, 0.717) is 5.56 Å². The van der Waals surface area contributed by atoms with Gasteiger partial charge in [-0.25, -0.2) is 4.79 Å². The lowest BCUT2D eigenvalue weighted by atomic mass is 10.0. The van der Waals surface area contributed by atoms with Gasteiger partial charge in [-0.1, -0.05) is 26.0 Å². The van der Waals surface area contributed by atoms with E-state index in [1.165, 1.54) is 24.3 Å². The first kappa shape index (κ1) is 29.8. The van der Waals surface area contributed by atoms with Crippen molar-refractivity contribution in [3.05, 3.63) is 29.8 Å². The highest BCUT2D eigenvalue weighted by Gasteiger charge is 2.32. The van der Waals surface area contributed by atoms with Crippen molar-refractivity contribution in [3.63, 3.8) is 0 Å². The number of nitrogens with one attached hydrogen (secondary N) is 3. The number of carboxylic acids is 2. The first-order chi connectivity index (χ1) is 16.7. The molecule has 0 bridgehead atoms. The third-order valence-corrected chi connectivity index (χ3v) is 5.06. The van der Waals surface area contributed by atoms with Gasteiger partial charge in [0.15, 0.2) is 0 Å². The van der Waals surface area contributed by atoms with Gasteiger partial charge in [0.1, 0.15) is 23.9 Å². The second-order valence-corrected chi connectivity index (χ2v) is 8.43. The SMILES string of the molecule is CC(C)C(N)C(=O)NC(CC(N)=O)C(=O)NC(CC(=O)O)C(=O)NC(Cc1ccc(O)cc1)C(=O)O. The number of carbonyl (C=O) groups is 6. The van der Waals surface area contributed by atoms with Crippen LogP contribution in [0.2, 0.25) is 0 Å². The summed E-state index contributed by atoms with van der Waals surface area (Å²) in [5.41, 5.74) is 11.3. The molecule has 1 aromatic carbocycles. The van der Waals surface area contributed by atoms with Gasteiger partial charge in [-0.05, 0) is 23.6 Å². The number of phenolic OH excluding ortho intramolecular Hbond substituents is 1. The molecule has 36 heavy (non-hydrogen) atoms. The van der Waals surface area contributed by atoms with E-state index in [1.807, 2.05) is 0 Å². The summed E-state index contributed by atoms with van der Waals surface area (Å²) in [6.45, 7) is 3.30. The van der Waals surface area contributed by atoms with Gasteiger partial charge in [-0.15, -0.1) is 0 Å². The smallest absolute Gasteiger partial charge is 0.326 e. The maximum atomic E-state index is 12.8.